The van der Waals surface area contributed by atoms with E-state index < -0.39 is 0 Å². The van der Waals surface area contributed by atoms with Crippen molar-refractivity contribution in [2.24, 2.45) is 5.10 Å². The largest absolute Gasteiger partial charge is 0.464 e. The van der Waals surface area contributed by atoms with Gasteiger partial charge in [0.05, 0.1) is 16.6 Å². The standard InChI is InChI=1S/C21H17ClN2OS/c1-13-4-6-14(7-5-13)17-12-18-16-11-15(22)8-9-19(16)25-21(24(18)23-17)20-3-2-10-26-20/h2-11,18,21H,12H2,1H3/t18-,21-/m0/s1. The maximum Gasteiger partial charge on any atom is 0.222 e. The number of nitrogens with zero attached hydrogens (tertiary/aromatic N) is 2. The summed E-state index contributed by atoms with van der Waals surface area (Å²) in [5, 5.41) is 9.86. The molecule has 5 rings (SSSR count). The first-order valence-electron chi connectivity index (χ1n) is 8.61. The van der Waals surface area contributed by atoms with Crippen molar-refractivity contribution in [1.82, 2.24) is 5.01 Å². The Hall–Kier alpha value is -2.30. The van der Waals surface area contributed by atoms with E-state index >= 15 is 0 Å². The number of hydrogen-bond donors (Lipinski definition) is 0. The molecule has 2 atom stereocenters. The van der Waals surface area contributed by atoms with Gasteiger partial charge < -0.3 is 4.74 Å². The Morgan fingerprint density at radius 3 is 2.77 bits per heavy atom. The topological polar surface area (TPSA) is 24.8 Å². The molecule has 26 heavy (non-hydrogen) atoms. The van der Waals surface area contributed by atoms with E-state index in [0.29, 0.717) is 0 Å². The summed E-state index contributed by atoms with van der Waals surface area (Å²) in [5.41, 5.74) is 4.62. The van der Waals surface area contributed by atoms with Crippen molar-refractivity contribution < 1.29 is 4.74 Å². The monoisotopic (exact) mass is 380 g/mol. The molecule has 5 heteroatoms. The number of ether oxygens (including phenoxy) is 1. The van der Waals surface area contributed by atoms with Crippen LogP contribution in [-0.4, -0.2) is 10.7 Å². The molecule has 2 aliphatic heterocycles. The lowest BCUT2D eigenvalue weighted by molar-refractivity contribution is -0.0165. The van der Waals surface area contributed by atoms with Gasteiger partial charge in [0.2, 0.25) is 6.23 Å². The minimum Gasteiger partial charge on any atom is -0.464 e. The van der Waals surface area contributed by atoms with Gasteiger partial charge in [-0.15, -0.1) is 11.3 Å². The highest BCUT2D eigenvalue weighted by molar-refractivity contribution is 7.10. The van der Waals surface area contributed by atoms with Crippen LogP contribution in [0.4, 0.5) is 0 Å². The smallest absolute Gasteiger partial charge is 0.222 e. The number of benzene rings is 2. The normalized spacial score (nSPS) is 21.0. The summed E-state index contributed by atoms with van der Waals surface area (Å²) in [6, 6.07) is 18.7. The molecule has 0 spiro atoms. The van der Waals surface area contributed by atoms with Gasteiger partial charge in [-0.25, -0.2) is 5.01 Å². The average molecular weight is 381 g/mol. The summed E-state index contributed by atoms with van der Waals surface area (Å²) in [7, 11) is 0. The third kappa shape index (κ3) is 2.61. The zero-order valence-corrected chi connectivity index (χ0v) is 15.8. The van der Waals surface area contributed by atoms with Crippen LogP contribution in [-0.2, 0) is 0 Å². The van der Waals surface area contributed by atoms with Crippen LogP contribution in [0.1, 0.15) is 40.3 Å². The molecule has 0 fully saturated rings. The lowest BCUT2D eigenvalue weighted by atomic mass is 9.96. The molecule has 1 aromatic heterocycles. The van der Waals surface area contributed by atoms with Crippen LogP contribution < -0.4 is 4.74 Å². The van der Waals surface area contributed by atoms with E-state index in [1.54, 1.807) is 11.3 Å². The predicted octanol–water partition coefficient (Wildman–Crippen LogP) is 5.95. The van der Waals surface area contributed by atoms with Gasteiger partial charge in [-0.05, 0) is 42.1 Å². The molecular weight excluding hydrogens is 364 g/mol. The van der Waals surface area contributed by atoms with Crippen molar-refractivity contribution in [3.05, 3.63) is 86.6 Å². The highest BCUT2D eigenvalue weighted by Crippen LogP contribution is 2.48. The van der Waals surface area contributed by atoms with Gasteiger partial charge in [0, 0.05) is 17.0 Å². The van der Waals surface area contributed by atoms with Gasteiger partial charge in [0.25, 0.3) is 0 Å². The van der Waals surface area contributed by atoms with E-state index in [2.05, 4.69) is 53.7 Å². The second-order valence-electron chi connectivity index (χ2n) is 6.68. The quantitative estimate of drug-likeness (QED) is 0.548. The number of hydrazone groups is 1. The summed E-state index contributed by atoms with van der Waals surface area (Å²) >= 11 is 7.96. The van der Waals surface area contributed by atoms with E-state index in [-0.39, 0.29) is 12.3 Å². The molecule has 2 aromatic carbocycles. The van der Waals surface area contributed by atoms with Gasteiger partial charge in [-0.3, -0.25) is 0 Å². The van der Waals surface area contributed by atoms with Gasteiger partial charge in [0.15, 0.2) is 0 Å². The highest BCUT2D eigenvalue weighted by Gasteiger charge is 2.41. The Bertz CT molecular complexity index is 982. The SMILES string of the molecule is Cc1ccc(C2=NN3[C@@H](C2)c2cc(Cl)ccc2O[C@H]3c2cccs2)cc1. The number of halogens is 1. The molecule has 0 unspecified atom stereocenters. The van der Waals surface area contributed by atoms with Crippen LogP contribution in [0.5, 0.6) is 5.75 Å². The number of thiophene rings is 1. The molecule has 0 radical (unpaired) electrons. The van der Waals surface area contributed by atoms with Crippen LogP contribution in [0.15, 0.2) is 65.1 Å². The maximum atomic E-state index is 6.32. The summed E-state index contributed by atoms with van der Waals surface area (Å²) in [6.07, 6.45) is 0.651. The molecule has 0 aliphatic carbocycles. The van der Waals surface area contributed by atoms with Crippen LogP contribution >= 0.6 is 22.9 Å². The molecule has 0 saturated carbocycles. The van der Waals surface area contributed by atoms with Crippen LogP contribution in [0.3, 0.4) is 0 Å². The number of hydrogen-bond acceptors (Lipinski definition) is 4. The molecular formula is C21H17ClN2OS. The summed E-state index contributed by atoms with van der Waals surface area (Å²) < 4.78 is 6.32. The van der Waals surface area contributed by atoms with E-state index in [4.69, 9.17) is 21.4 Å². The summed E-state index contributed by atoms with van der Waals surface area (Å²) in [4.78, 5) is 1.16. The van der Waals surface area contributed by atoms with E-state index in [9.17, 15) is 0 Å². The summed E-state index contributed by atoms with van der Waals surface area (Å²) in [5.74, 6) is 0.898. The third-order valence-corrected chi connectivity index (χ3v) is 6.06. The first kappa shape index (κ1) is 15.9. The minimum atomic E-state index is -0.198. The molecule has 3 aromatic rings. The fraction of sp³-hybridized carbons (Fsp3) is 0.190. The van der Waals surface area contributed by atoms with Gasteiger partial charge >= 0.3 is 0 Å². The van der Waals surface area contributed by atoms with Crippen LogP contribution in [0.25, 0.3) is 0 Å². The molecule has 0 N–H and O–H groups in total. The highest BCUT2D eigenvalue weighted by atomic mass is 35.5. The number of fused-ring (bicyclic) bond motifs is 3. The maximum absolute atomic E-state index is 6.32. The van der Waals surface area contributed by atoms with Crippen molar-refractivity contribution in [3.63, 3.8) is 0 Å². The molecule has 0 bridgehead atoms. The Kier molecular flexibility index (Phi) is 3.76. The first-order valence-corrected chi connectivity index (χ1v) is 9.87. The molecule has 2 aliphatic rings. The Labute approximate surface area is 161 Å². The van der Waals surface area contributed by atoms with Gasteiger partial charge in [0.1, 0.15) is 5.75 Å². The fourth-order valence-corrected chi connectivity index (χ4v) is 4.52. The van der Waals surface area contributed by atoms with Crippen molar-refractivity contribution in [1.29, 1.82) is 0 Å². The van der Waals surface area contributed by atoms with Crippen LogP contribution in [0, 0.1) is 6.92 Å². The minimum absolute atomic E-state index is 0.140. The van der Waals surface area contributed by atoms with Crippen molar-refractivity contribution in [2.75, 3.05) is 0 Å². The lowest BCUT2D eigenvalue weighted by Crippen LogP contribution is -2.33. The van der Waals surface area contributed by atoms with Crippen LogP contribution in [0.2, 0.25) is 5.02 Å². The Morgan fingerprint density at radius 1 is 1.15 bits per heavy atom. The molecule has 0 saturated heterocycles. The first-order chi connectivity index (χ1) is 12.7. The van der Waals surface area contributed by atoms with Gasteiger partial charge in [-0.2, -0.15) is 5.10 Å². The second-order valence-corrected chi connectivity index (χ2v) is 8.10. The Balaban J connectivity index is 1.60. The van der Waals surface area contributed by atoms with E-state index in [1.807, 2.05) is 18.2 Å². The molecule has 130 valence electrons. The molecule has 3 heterocycles. The van der Waals surface area contributed by atoms with Gasteiger partial charge in [-0.1, -0.05) is 47.5 Å². The van der Waals surface area contributed by atoms with E-state index in [0.717, 1.165) is 33.3 Å². The molecule has 3 nitrogen and oxygen atoms in total. The average Bonchev–Trinajstić information content (AvgIpc) is 3.32. The zero-order chi connectivity index (χ0) is 17.7. The zero-order valence-electron chi connectivity index (χ0n) is 14.2. The second kappa shape index (κ2) is 6.15. The Morgan fingerprint density at radius 2 is 2.00 bits per heavy atom. The van der Waals surface area contributed by atoms with Crippen molar-refractivity contribution in [2.45, 2.75) is 25.6 Å². The fourth-order valence-electron chi connectivity index (χ4n) is 3.60. The summed E-state index contributed by atoms with van der Waals surface area (Å²) in [6.45, 7) is 2.10. The number of aryl methyl sites for hydroxylation is 1. The molecule has 0 amide bonds. The predicted molar refractivity (Wildman–Crippen MR) is 106 cm³/mol. The lowest BCUT2D eigenvalue weighted by Gasteiger charge is -2.37. The van der Waals surface area contributed by atoms with E-state index in [1.165, 1.54) is 11.1 Å². The van der Waals surface area contributed by atoms with Crippen molar-refractivity contribution in [3.8, 4) is 5.75 Å². The third-order valence-electron chi connectivity index (χ3n) is 4.92. The van der Waals surface area contributed by atoms with Crippen molar-refractivity contribution >= 4 is 28.6 Å². The number of rotatable bonds is 2.